The molecule has 1 aliphatic rings. The Morgan fingerprint density at radius 1 is 1.00 bits per heavy atom. The van der Waals surface area contributed by atoms with Crippen LogP contribution in [0.1, 0.15) is 34.7 Å². The van der Waals surface area contributed by atoms with Crippen LogP contribution < -0.4 is 0 Å². The molecule has 4 rings (SSSR count). The first-order chi connectivity index (χ1) is 13.0. The Kier molecular flexibility index (Phi) is 4.37. The van der Waals surface area contributed by atoms with E-state index in [0.29, 0.717) is 25.9 Å². The maximum absolute atomic E-state index is 13.9. The van der Waals surface area contributed by atoms with Crippen LogP contribution in [-0.2, 0) is 0 Å². The molecule has 3 aromatic rings. The van der Waals surface area contributed by atoms with Crippen molar-refractivity contribution in [2.75, 3.05) is 13.1 Å². The minimum Gasteiger partial charge on any atom is -0.361 e. The van der Waals surface area contributed by atoms with Crippen molar-refractivity contribution in [2.24, 2.45) is 0 Å². The lowest BCUT2D eigenvalue weighted by Crippen LogP contribution is -2.38. The van der Waals surface area contributed by atoms with Gasteiger partial charge in [0.15, 0.2) is 17.5 Å². The largest absolute Gasteiger partial charge is 0.361 e. The molecule has 1 aliphatic heterocycles. The Hall–Kier alpha value is -2.83. The fourth-order valence-corrected chi connectivity index (χ4v) is 3.71. The molecular weight excluding hydrogens is 360 g/mol. The molecule has 0 aliphatic carbocycles. The topological polar surface area (TPSA) is 36.1 Å². The summed E-state index contributed by atoms with van der Waals surface area (Å²) in [5.74, 6) is -5.28. The number of nitrogens with one attached hydrogen (secondary N) is 1. The van der Waals surface area contributed by atoms with E-state index in [-0.39, 0.29) is 11.7 Å². The predicted molar refractivity (Wildman–Crippen MR) is 92.5 cm³/mol. The number of halogens is 4. The third-order valence-electron chi connectivity index (χ3n) is 5.16. The van der Waals surface area contributed by atoms with Gasteiger partial charge in [-0.1, -0.05) is 0 Å². The average molecular weight is 376 g/mol. The molecule has 1 fully saturated rings. The summed E-state index contributed by atoms with van der Waals surface area (Å²) in [7, 11) is 0. The first kappa shape index (κ1) is 17.6. The zero-order valence-corrected chi connectivity index (χ0v) is 14.2. The number of hydrogen-bond donors (Lipinski definition) is 1. The molecule has 1 saturated heterocycles. The lowest BCUT2D eigenvalue weighted by atomic mass is 9.89. The van der Waals surface area contributed by atoms with Gasteiger partial charge in [-0.3, -0.25) is 4.79 Å². The highest BCUT2D eigenvalue weighted by atomic mass is 19.2. The number of likely N-dealkylation sites (tertiary alicyclic amines) is 1. The monoisotopic (exact) mass is 376 g/mol. The van der Waals surface area contributed by atoms with E-state index in [9.17, 15) is 22.4 Å². The Bertz CT molecular complexity index is 1020. The van der Waals surface area contributed by atoms with Gasteiger partial charge in [-0.05, 0) is 54.7 Å². The third kappa shape index (κ3) is 3.07. The van der Waals surface area contributed by atoms with Crippen molar-refractivity contribution in [1.82, 2.24) is 9.88 Å². The van der Waals surface area contributed by atoms with Gasteiger partial charge in [0.2, 0.25) is 0 Å². The van der Waals surface area contributed by atoms with Gasteiger partial charge < -0.3 is 9.88 Å². The number of piperidine rings is 1. The maximum Gasteiger partial charge on any atom is 0.256 e. The highest BCUT2D eigenvalue weighted by molar-refractivity contribution is 5.94. The highest BCUT2D eigenvalue weighted by Gasteiger charge is 2.28. The zero-order chi connectivity index (χ0) is 19.1. The van der Waals surface area contributed by atoms with Crippen molar-refractivity contribution in [3.8, 4) is 0 Å². The van der Waals surface area contributed by atoms with Crippen LogP contribution in [0.25, 0.3) is 10.9 Å². The number of H-pyrrole nitrogens is 1. The zero-order valence-electron chi connectivity index (χ0n) is 14.2. The fourth-order valence-electron chi connectivity index (χ4n) is 3.71. The lowest BCUT2D eigenvalue weighted by molar-refractivity contribution is 0.0707. The van der Waals surface area contributed by atoms with Crippen LogP contribution in [0.15, 0.2) is 36.5 Å². The maximum atomic E-state index is 13.9. The van der Waals surface area contributed by atoms with Crippen LogP contribution in [0, 0.1) is 23.3 Å². The van der Waals surface area contributed by atoms with E-state index in [1.54, 1.807) is 6.07 Å². The second-order valence-corrected chi connectivity index (χ2v) is 6.72. The van der Waals surface area contributed by atoms with Crippen molar-refractivity contribution in [3.05, 3.63) is 70.9 Å². The summed E-state index contributed by atoms with van der Waals surface area (Å²) in [6.45, 7) is 0.702. The quantitative estimate of drug-likeness (QED) is 0.509. The van der Waals surface area contributed by atoms with E-state index in [0.717, 1.165) is 28.6 Å². The summed E-state index contributed by atoms with van der Waals surface area (Å²) in [6, 6.07) is 6.26. The van der Waals surface area contributed by atoms with Gasteiger partial charge in [-0.15, -0.1) is 0 Å². The van der Waals surface area contributed by atoms with Crippen molar-refractivity contribution < 1.29 is 22.4 Å². The summed E-state index contributed by atoms with van der Waals surface area (Å²) in [4.78, 5) is 17.0. The number of carbonyl (C=O) groups excluding carboxylic acids is 1. The van der Waals surface area contributed by atoms with E-state index >= 15 is 0 Å². The van der Waals surface area contributed by atoms with E-state index in [1.165, 1.54) is 17.0 Å². The minimum absolute atomic E-state index is 0.124. The summed E-state index contributed by atoms with van der Waals surface area (Å²) >= 11 is 0. The Balaban J connectivity index is 1.51. The molecule has 140 valence electrons. The number of amides is 1. The second-order valence-electron chi connectivity index (χ2n) is 6.72. The first-order valence-corrected chi connectivity index (χ1v) is 8.65. The van der Waals surface area contributed by atoms with Crippen molar-refractivity contribution in [1.29, 1.82) is 0 Å². The van der Waals surface area contributed by atoms with Crippen LogP contribution in [0.2, 0.25) is 0 Å². The number of hydrogen-bond acceptors (Lipinski definition) is 1. The lowest BCUT2D eigenvalue weighted by Gasteiger charge is -2.32. The Labute approximate surface area is 152 Å². The summed E-state index contributed by atoms with van der Waals surface area (Å²) in [5, 5.41) is 0.812. The molecule has 0 atom stereocenters. The molecule has 2 heterocycles. The van der Waals surface area contributed by atoms with Gasteiger partial charge in [-0.2, -0.15) is 0 Å². The normalized spacial score (nSPS) is 15.5. The minimum atomic E-state index is -1.64. The van der Waals surface area contributed by atoms with Gasteiger partial charge in [0, 0.05) is 30.2 Å². The molecule has 0 saturated carbocycles. The smallest absolute Gasteiger partial charge is 0.256 e. The van der Waals surface area contributed by atoms with Gasteiger partial charge >= 0.3 is 0 Å². The van der Waals surface area contributed by atoms with Gasteiger partial charge in [0.05, 0.1) is 5.56 Å². The number of carbonyl (C=O) groups is 1. The highest BCUT2D eigenvalue weighted by Crippen LogP contribution is 2.34. The van der Waals surface area contributed by atoms with E-state index in [2.05, 4.69) is 4.98 Å². The summed E-state index contributed by atoms with van der Waals surface area (Å²) < 4.78 is 53.9. The van der Waals surface area contributed by atoms with Crippen molar-refractivity contribution in [2.45, 2.75) is 18.8 Å². The summed E-state index contributed by atoms with van der Waals surface area (Å²) in [6.07, 6.45) is 3.07. The second kappa shape index (κ2) is 6.72. The predicted octanol–water partition coefficient (Wildman–Crippen LogP) is 4.74. The van der Waals surface area contributed by atoms with E-state index in [4.69, 9.17) is 0 Å². The molecule has 1 N–H and O–H groups in total. The van der Waals surface area contributed by atoms with Gasteiger partial charge in [0.25, 0.3) is 5.91 Å². The number of benzene rings is 2. The molecule has 0 radical (unpaired) electrons. The van der Waals surface area contributed by atoms with Crippen LogP contribution >= 0.6 is 0 Å². The van der Waals surface area contributed by atoms with Crippen LogP contribution in [0.3, 0.4) is 0 Å². The number of nitrogens with zero attached hydrogens (tertiary/aromatic N) is 1. The van der Waals surface area contributed by atoms with Crippen LogP contribution in [0.5, 0.6) is 0 Å². The molecule has 1 amide bonds. The SMILES string of the molecule is O=C(c1ccc(F)c(F)c1F)N1CCC(c2c[nH]c3ccc(F)cc23)CC1. The number of fused-ring (bicyclic) bond motifs is 1. The molecule has 0 spiro atoms. The molecule has 2 aromatic carbocycles. The molecular formula is C20H16F4N2O. The molecule has 7 heteroatoms. The standard InChI is InChI=1S/C20H16F4N2O/c21-12-1-4-17-14(9-12)15(10-25-17)11-5-7-26(8-6-11)20(27)13-2-3-16(22)19(24)18(13)23/h1-4,9-11,25H,5-8H2. The molecule has 0 unspecified atom stereocenters. The fraction of sp³-hybridized carbons (Fsp3) is 0.250. The van der Waals surface area contributed by atoms with Crippen molar-refractivity contribution >= 4 is 16.8 Å². The molecule has 1 aromatic heterocycles. The van der Waals surface area contributed by atoms with Crippen molar-refractivity contribution in [3.63, 3.8) is 0 Å². The Morgan fingerprint density at radius 2 is 1.74 bits per heavy atom. The molecule has 3 nitrogen and oxygen atoms in total. The number of rotatable bonds is 2. The third-order valence-corrected chi connectivity index (χ3v) is 5.16. The average Bonchev–Trinajstić information content (AvgIpc) is 3.09. The molecule has 27 heavy (non-hydrogen) atoms. The molecule has 0 bridgehead atoms. The van der Waals surface area contributed by atoms with E-state index < -0.39 is 28.9 Å². The first-order valence-electron chi connectivity index (χ1n) is 8.65. The Morgan fingerprint density at radius 3 is 2.48 bits per heavy atom. The summed E-state index contributed by atoms with van der Waals surface area (Å²) in [5.41, 5.74) is 1.35. The van der Waals surface area contributed by atoms with Gasteiger partial charge in [0.1, 0.15) is 5.82 Å². The van der Waals surface area contributed by atoms with E-state index in [1.807, 2.05) is 6.20 Å². The number of aromatic nitrogens is 1. The van der Waals surface area contributed by atoms with Crippen LogP contribution in [0.4, 0.5) is 17.6 Å². The number of aromatic amines is 1. The van der Waals surface area contributed by atoms with Crippen LogP contribution in [-0.4, -0.2) is 28.9 Å². The van der Waals surface area contributed by atoms with Gasteiger partial charge in [-0.25, -0.2) is 17.6 Å².